The van der Waals surface area contributed by atoms with Crippen LogP contribution < -0.4 is 5.32 Å². The highest BCUT2D eigenvalue weighted by Gasteiger charge is 2.20. The maximum atomic E-state index is 13.2. The average Bonchev–Trinajstić information content (AvgIpc) is 3.09. The largest absolute Gasteiger partial charge is 0.345 e. The Morgan fingerprint density at radius 3 is 2.19 bits per heavy atom. The molecule has 6 nitrogen and oxygen atoms in total. The van der Waals surface area contributed by atoms with Crippen molar-refractivity contribution < 1.29 is 9.59 Å². The Balaban J connectivity index is 1.83. The highest BCUT2D eigenvalue weighted by molar-refractivity contribution is 5.94. The van der Waals surface area contributed by atoms with E-state index in [4.69, 9.17) is 4.98 Å². The molecule has 0 atom stereocenters. The maximum Gasteiger partial charge on any atom is 0.251 e. The minimum Gasteiger partial charge on any atom is -0.345 e. The number of nitrogens with one attached hydrogen (secondary N) is 1. The van der Waals surface area contributed by atoms with Crippen LogP contribution in [-0.4, -0.2) is 39.4 Å². The first kappa shape index (κ1) is 22.5. The number of hydrogen-bond donors (Lipinski definition) is 1. The van der Waals surface area contributed by atoms with Crippen LogP contribution in [0.1, 0.15) is 43.9 Å². The van der Waals surface area contributed by atoms with Crippen LogP contribution in [0.4, 0.5) is 0 Å². The number of nitrogens with zero attached hydrogens (tertiary/aromatic N) is 3. The zero-order valence-corrected chi connectivity index (χ0v) is 18.8. The topological polar surface area (TPSA) is 67.2 Å². The second kappa shape index (κ2) is 10.2. The molecule has 31 heavy (non-hydrogen) atoms. The molecule has 0 aliphatic carbocycles. The summed E-state index contributed by atoms with van der Waals surface area (Å²) in [4.78, 5) is 32.4. The van der Waals surface area contributed by atoms with Crippen molar-refractivity contribution >= 4 is 22.8 Å². The second-order valence-electron chi connectivity index (χ2n) is 8.74. The van der Waals surface area contributed by atoms with Crippen LogP contribution in [0.3, 0.4) is 0 Å². The molecule has 2 amide bonds. The van der Waals surface area contributed by atoms with Gasteiger partial charge >= 0.3 is 0 Å². The van der Waals surface area contributed by atoms with Crippen LogP contribution in [0.2, 0.25) is 0 Å². The van der Waals surface area contributed by atoms with E-state index in [1.54, 1.807) is 12.1 Å². The van der Waals surface area contributed by atoms with E-state index >= 15 is 0 Å². The molecule has 2 aromatic carbocycles. The van der Waals surface area contributed by atoms with E-state index in [0.29, 0.717) is 23.2 Å². The Kier molecular flexibility index (Phi) is 7.45. The molecule has 0 saturated carbocycles. The Labute approximate surface area is 184 Å². The lowest BCUT2D eigenvalue weighted by molar-refractivity contribution is -0.132. The summed E-state index contributed by atoms with van der Waals surface area (Å²) in [5.41, 5.74) is 2.31. The van der Waals surface area contributed by atoms with Crippen molar-refractivity contribution in [3.8, 4) is 0 Å². The minimum atomic E-state index is -0.160. The van der Waals surface area contributed by atoms with Gasteiger partial charge in [0.25, 0.3) is 5.91 Å². The van der Waals surface area contributed by atoms with E-state index in [0.717, 1.165) is 24.1 Å². The summed E-state index contributed by atoms with van der Waals surface area (Å²) in [7, 11) is 0. The fourth-order valence-electron chi connectivity index (χ4n) is 3.68. The maximum absolute atomic E-state index is 13.2. The fourth-order valence-corrected chi connectivity index (χ4v) is 3.68. The van der Waals surface area contributed by atoms with Crippen molar-refractivity contribution in [2.75, 3.05) is 13.1 Å². The zero-order chi connectivity index (χ0) is 22.4. The van der Waals surface area contributed by atoms with Crippen LogP contribution in [0, 0.1) is 11.8 Å². The Morgan fingerprint density at radius 2 is 1.55 bits per heavy atom. The van der Waals surface area contributed by atoms with E-state index in [9.17, 15) is 9.59 Å². The van der Waals surface area contributed by atoms with E-state index < -0.39 is 0 Å². The number of para-hydroxylation sites is 2. The molecule has 1 heterocycles. The summed E-state index contributed by atoms with van der Waals surface area (Å²) >= 11 is 0. The van der Waals surface area contributed by atoms with E-state index in [-0.39, 0.29) is 24.9 Å². The number of aromatic nitrogens is 2. The number of rotatable bonds is 9. The quantitative estimate of drug-likeness (QED) is 0.567. The van der Waals surface area contributed by atoms with Gasteiger partial charge in [0, 0.05) is 18.7 Å². The fraction of sp³-hybridized carbons (Fsp3) is 0.400. The molecule has 1 N–H and O–H groups in total. The van der Waals surface area contributed by atoms with Crippen molar-refractivity contribution in [3.63, 3.8) is 0 Å². The third kappa shape index (κ3) is 5.94. The van der Waals surface area contributed by atoms with E-state index in [2.05, 4.69) is 33.0 Å². The van der Waals surface area contributed by atoms with Gasteiger partial charge in [0.15, 0.2) is 0 Å². The molecular weight excluding hydrogens is 388 g/mol. The summed E-state index contributed by atoms with van der Waals surface area (Å²) in [6.45, 7) is 10.4. The number of benzene rings is 2. The SMILES string of the molecule is CC(C)CN(CC(C)C)C(=O)Cn1c(CNC(=O)c2ccccc2)nc2ccccc21. The number of carbonyl (C=O) groups is 2. The highest BCUT2D eigenvalue weighted by atomic mass is 16.2. The third-order valence-corrected chi connectivity index (χ3v) is 4.99. The minimum absolute atomic E-state index is 0.0705. The van der Waals surface area contributed by atoms with Gasteiger partial charge in [-0.2, -0.15) is 0 Å². The summed E-state index contributed by atoms with van der Waals surface area (Å²) in [5.74, 6) is 1.37. The van der Waals surface area contributed by atoms with Crippen molar-refractivity contribution in [2.24, 2.45) is 11.8 Å². The van der Waals surface area contributed by atoms with Gasteiger partial charge in [-0.15, -0.1) is 0 Å². The number of fused-ring (bicyclic) bond motifs is 1. The standard InChI is InChI=1S/C25H32N4O2/c1-18(2)15-28(16-19(3)4)24(30)17-29-22-13-9-8-12-21(22)27-23(29)14-26-25(31)20-10-6-5-7-11-20/h5-13,18-19H,14-17H2,1-4H3,(H,26,31). The molecule has 0 aliphatic rings. The van der Waals surface area contributed by atoms with Gasteiger partial charge in [-0.1, -0.05) is 58.0 Å². The highest BCUT2D eigenvalue weighted by Crippen LogP contribution is 2.17. The van der Waals surface area contributed by atoms with Gasteiger partial charge in [0.1, 0.15) is 12.4 Å². The molecule has 0 spiro atoms. The molecule has 0 aliphatic heterocycles. The van der Waals surface area contributed by atoms with Crippen molar-refractivity contribution in [3.05, 3.63) is 66.0 Å². The van der Waals surface area contributed by atoms with Crippen LogP contribution in [-0.2, 0) is 17.9 Å². The van der Waals surface area contributed by atoms with E-state index in [1.807, 2.05) is 51.9 Å². The van der Waals surface area contributed by atoms with Gasteiger partial charge in [-0.3, -0.25) is 9.59 Å². The number of amides is 2. The Hall–Kier alpha value is -3.15. The Bertz CT molecular complexity index is 1010. The van der Waals surface area contributed by atoms with Crippen molar-refractivity contribution in [1.82, 2.24) is 19.8 Å². The predicted octanol–water partition coefficient (Wildman–Crippen LogP) is 4.11. The molecule has 0 radical (unpaired) electrons. The number of imidazole rings is 1. The lowest BCUT2D eigenvalue weighted by Gasteiger charge is -2.27. The van der Waals surface area contributed by atoms with Gasteiger partial charge in [-0.25, -0.2) is 4.98 Å². The van der Waals surface area contributed by atoms with Gasteiger partial charge in [-0.05, 0) is 36.1 Å². The van der Waals surface area contributed by atoms with Crippen molar-refractivity contribution in [1.29, 1.82) is 0 Å². The number of carbonyl (C=O) groups excluding carboxylic acids is 2. The average molecular weight is 421 g/mol. The molecular formula is C25H32N4O2. The molecule has 3 aromatic rings. The van der Waals surface area contributed by atoms with Gasteiger partial charge < -0.3 is 14.8 Å². The van der Waals surface area contributed by atoms with Crippen LogP contribution >= 0.6 is 0 Å². The molecule has 0 fully saturated rings. The summed E-state index contributed by atoms with van der Waals surface area (Å²) < 4.78 is 1.93. The predicted molar refractivity (Wildman–Crippen MR) is 124 cm³/mol. The lowest BCUT2D eigenvalue weighted by atomic mass is 10.1. The molecule has 3 rings (SSSR count). The van der Waals surface area contributed by atoms with Crippen LogP contribution in [0.25, 0.3) is 11.0 Å². The van der Waals surface area contributed by atoms with E-state index in [1.165, 1.54) is 0 Å². The first-order valence-corrected chi connectivity index (χ1v) is 10.9. The van der Waals surface area contributed by atoms with Crippen LogP contribution in [0.15, 0.2) is 54.6 Å². The third-order valence-electron chi connectivity index (χ3n) is 4.99. The molecule has 0 bridgehead atoms. The molecule has 6 heteroatoms. The second-order valence-corrected chi connectivity index (χ2v) is 8.74. The summed E-state index contributed by atoms with van der Waals surface area (Å²) in [6, 6.07) is 16.9. The first-order chi connectivity index (χ1) is 14.8. The molecule has 1 aromatic heterocycles. The zero-order valence-electron chi connectivity index (χ0n) is 18.8. The Morgan fingerprint density at radius 1 is 0.935 bits per heavy atom. The summed E-state index contributed by atoms with van der Waals surface area (Å²) in [6.07, 6.45) is 0. The normalized spacial score (nSPS) is 11.3. The smallest absolute Gasteiger partial charge is 0.251 e. The molecule has 164 valence electrons. The van der Waals surface area contributed by atoms with Gasteiger partial charge in [0.2, 0.25) is 5.91 Å². The van der Waals surface area contributed by atoms with Crippen LogP contribution in [0.5, 0.6) is 0 Å². The molecule has 0 unspecified atom stereocenters. The lowest BCUT2D eigenvalue weighted by Crippen LogP contribution is -2.39. The summed E-state index contributed by atoms with van der Waals surface area (Å²) in [5, 5.41) is 2.94. The molecule has 0 saturated heterocycles. The van der Waals surface area contributed by atoms with Gasteiger partial charge in [0.05, 0.1) is 17.6 Å². The first-order valence-electron chi connectivity index (χ1n) is 10.9. The number of hydrogen-bond acceptors (Lipinski definition) is 3. The monoisotopic (exact) mass is 420 g/mol. The van der Waals surface area contributed by atoms with Crippen molar-refractivity contribution in [2.45, 2.75) is 40.8 Å².